The summed E-state index contributed by atoms with van der Waals surface area (Å²) in [6.07, 6.45) is 23.6. The Labute approximate surface area is 168 Å². The van der Waals surface area contributed by atoms with Gasteiger partial charge in [0.05, 0.1) is 6.61 Å². The van der Waals surface area contributed by atoms with Gasteiger partial charge in [-0.3, -0.25) is 0 Å². The molecule has 1 aromatic rings. The number of phenolic OH excluding ortho intramolecular Hbond substituents is 1. The Morgan fingerprint density at radius 2 is 1.00 bits per heavy atom. The van der Waals surface area contributed by atoms with Crippen LogP contribution < -0.4 is 4.74 Å². The Morgan fingerprint density at radius 1 is 0.593 bits per heavy atom. The van der Waals surface area contributed by atoms with Gasteiger partial charge in [-0.2, -0.15) is 0 Å². The van der Waals surface area contributed by atoms with Gasteiger partial charge in [0.25, 0.3) is 0 Å². The lowest BCUT2D eigenvalue weighted by Gasteiger charge is -2.07. The molecule has 0 spiro atoms. The van der Waals surface area contributed by atoms with E-state index < -0.39 is 0 Å². The highest BCUT2D eigenvalue weighted by molar-refractivity contribution is 5.37. The zero-order valence-corrected chi connectivity index (χ0v) is 17.9. The lowest BCUT2D eigenvalue weighted by molar-refractivity contribution is 0.288. The SMILES string of the molecule is CCCCCCCCCCCCCCCCCCCOc1ccccc1O. The molecule has 0 fully saturated rings. The highest BCUT2D eigenvalue weighted by atomic mass is 16.5. The minimum Gasteiger partial charge on any atom is -0.504 e. The number of ether oxygens (including phenoxy) is 1. The second-order valence-corrected chi connectivity index (χ2v) is 7.97. The summed E-state index contributed by atoms with van der Waals surface area (Å²) in [5.41, 5.74) is 0. The van der Waals surface area contributed by atoms with Gasteiger partial charge in [-0.1, -0.05) is 122 Å². The Kier molecular flexibility index (Phi) is 16.1. The van der Waals surface area contributed by atoms with Crippen LogP contribution in [0.5, 0.6) is 11.5 Å². The van der Waals surface area contributed by atoms with Crippen molar-refractivity contribution in [2.75, 3.05) is 6.61 Å². The minimum atomic E-state index is 0.240. The van der Waals surface area contributed by atoms with E-state index in [4.69, 9.17) is 4.74 Å². The van der Waals surface area contributed by atoms with Crippen molar-refractivity contribution in [2.45, 2.75) is 116 Å². The molecule has 0 aliphatic rings. The van der Waals surface area contributed by atoms with Crippen molar-refractivity contribution in [2.24, 2.45) is 0 Å². The topological polar surface area (TPSA) is 29.5 Å². The van der Waals surface area contributed by atoms with Gasteiger partial charge in [0.1, 0.15) is 0 Å². The van der Waals surface area contributed by atoms with E-state index in [1.807, 2.05) is 18.2 Å². The molecule has 1 N–H and O–H groups in total. The second-order valence-electron chi connectivity index (χ2n) is 7.97. The summed E-state index contributed by atoms with van der Waals surface area (Å²) in [6, 6.07) is 7.20. The van der Waals surface area contributed by atoms with Gasteiger partial charge in [0, 0.05) is 0 Å². The number of hydrogen-bond acceptors (Lipinski definition) is 2. The van der Waals surface area contributed by atoms with Gasteiger partial charge in [-0.05, 0) is 18.6 Å². The van der Waals surface area contributed by atoms with Crippen LogP contribution in [0.15, 0.2) is 24.3 Å². The quantitative estimate of drug-likeness (QED) is 0.245. The molecule has 2 nitrogen and oxygen atoms in total. The summed E-state index contributed by atoms with van der Waals surface area (Å²) in [7, 11) is 0. The molecule has 27 heavy (non-hydrogen) atoms. The highest BCUT2D eigenvalue weighted by Crippen LogP contribution is 2.24. The molecule has 1 aromatic carbocycles. The fourth-order valence-corrected chi connectivity index (χ4v) is 3.59. The molecule has 0 unspecified atom stereocenters. The van der Waals surface area contributed by atoms with E-state index in [0.29, 0.717) is 12.4 Å². The molecule has 0 aliphatic heterocycles. The number of benzene rings is 1. The van der Waals surface area contributed by atoms with E-state index in [2.05, 4.69) is 6.92 Å². The summed E-state index contributed by atoms with van der Waals surface area (Å²) < 4.78 is 5.61. The van der Waals surface area contributed by atoms with Crippen LogP contribution in [0.3, 0.4) is 0 Å². The third-order valence-corrected chi connectivity index (χ3v) is 5.37. The summed E-state index contributed by atoms with van der Waals surface area (Å²) in [4.78, 5) is 0. The van der Waals surface area contributed by atoms with Crippen molar-refractivity contribution in [3.63, 3.8) is 0 Å². The fraction of sp³-hybridized carbons (Fsp3) is 0.760. The summed E-state index contributed by atoms with van der Waals surface area (Å²) in [6.45, 7) is 2.99. The first kappa shape index (κ1) is 23.9. The maximum Gasteiger partial charge on any atom is 0.160 e. The van der Waals surface area contributed by atoms with Gasteiger partial charge in [-0.25, -0.2) is 0 Å². The van der Waals surface area contributed by atoms with Gasteiger partial charge in [-0.15, -0.1) is 0 Å². The van der Waals surface area contributed by atoms with Crippen molar-refractivity contribution in [3.8, 4) is 11.5 Å². The van der Waals surface area contributed by atoms with Gasteiger partial charge in [0.2, 0.25) is 0 Å². The van der Waals surface area contributed by atoms with Crippen LogP contribution in [-0.4, -0.2) is 11.7 Å². The van der Waals surface area contributed by atoms with Crippen LogP contribution in [0.25, 0.3) is 0 Å². The molecule has 0 heterocycles. The van der Waals surface area contributed by atoms with Gasteiger partial charge in [0.15, 0.2) is 11.5 Å². The number of aromatic hydroxyl groups is 1. The maximum absolute atomic E-state index is 9.63. The van der Waals surface area contributed by atoms with E-state index in [9.17, 15) is 5.11 Å². The van der Waals surface area contributed by atoms with Crippen LogP contribution in [0.4, 0.5) is 0 Å². The molecule has 156 valence electrons. The Bertz CT molecular complexity index is 430. The molecule has 0 bridgehead atoms. The number of para-hydroxylation sites is 2. The highest BCUT2D eigenvalue weighted by Gasteiger charge is 1.99. The predicted octanol–water partition coefficient (Wildman–Crippen LogP) is 8.42. The van der Waals surface area contributed by atoms with Crippen molar-refractivity contribution >= 4 is 0 Å². The lowest BCUT2D eigenvalue weighted by atomic mass is 10.0. The van der Waals surface area contributed by atoms with Crippen molar-refractivity contribution < 1.29 is 9.84 Å². The molecule has 0 aliphatic carbocycles. The van der Waals surface area contributed by atoms with Crippen LogP contribution >= 0.6 is 0 Å². The number of hydrogen-bond donors (Lipinski definition) is 1. The molecule has 0 radical (unpaired) electrons. The molecule has 0 aromatic heterocycles. The minimum absolute atomic E-state index is 0.240. The molecular formula is C25H44O2. The summed E-state index contributed by atoms with van der Waals surface area (Å²) in [5.74, 6) is 0.846. The number of phenols is 1. The molecule has 2 heteroatoms. The second kappa shape index (κ2) is 18.2. The summed E-state index contributed by atoms with van der Waals surface area (Å²) in [5, 5.41) is 9.63. The normalized spacial score (nSPS) is 11.0. The Balaban J connectivity index is 1.73. The first-order valence-corrected chi connectivity index (χ1v) is 11.8. The van der Waals surface area contributed by atoms with Crippen LogP contribution in [-0.2, 0) is 0 Å². The van der Waals surface area contributed by atoms with Crippen molar-refractivity contribution in [3.05, 3.63) is 24.3 Å². The van der Waals surface area contributed by atoms with E-state index >= 15 is 0 Å². The first-order chi connectivity index (χ1) is 13.3. The van der Waals surface area contributed by atoms with E-state index in [1.165, 1.54) is 103 Å². The van der Waals surface area contributed by atoms with E-state index in [-0.39, 0.29) is 5.75 Å². The summed E-state index contributed by atoms with van der Waals surface area (Å²) >= 11 is 0. The van der Waals surface area contributed by atoms with Crippen LogP contribution in [0.2, 0.25) is 0 Å². The molecule has 1 rings (SSSR count). The van der Waals surface area contributed by atoms with Crippen LogP contribution in [0, 0.1) is 0 Å². The van der Waals surface area contributed by atoms with Crippen LogP contribution in [0.1, 0.15) is 116 Å². The van der Waals surface area contributed by atoms with Crippen molar-refractivity contribution in [1.82, 2.24) is 0 Å². The molecule has 0 amide bonds. The average molecular weight is 377 g/mol. The number of unbranched alkanes of at least 4 members (excludes halogenated alkanes) is 16. The number of rotatable bonds is 19. The monoisotopic (exact) mass is 376 g/mol. The largest absolute Gasteiger partial charge is 0.504 e. The van der Waals surface area contributed by atoms with Gasteiger partial charge < -0.3 is 9.84 Å². The Hall–Kier alpha value is -1.18. The van der Waals surface area contributed by atoms with Gasteiger partial charge >= 0.3 is 0 Å². The average Bonchev–Trinajstić information content (AvgIpc) is 2.68. The van der Waals surface area contributed by atoms with E-state index in [0.717, 1.165) is 6.42 Å². The fourth-order valence-electron chi connectivity index (χ4n) is 3.59. The molecular weight excluding hydrogens is 332 g/mol. The standard InChI is InChI=1S/C25H44O2/c1-2-3-4-5-6-7-8-9-10-11-12-13-14-15-16-17-20-23-27-25-22-19-18-21-24(25)26/h18-19,21-22,26H,2-17,20,23H2,1H3. The zero-order chi connectivity index (χ0) is 19.4. The zero-order valence-electron chi connectivity index (χ0n) is 17.9. The predicted molar refractivity (Wildman–Crippen MR) is 118 cm³/mol. The molecule has 0 saturated carbocycles. The van der Waals surface area contributed by atoms with E-state index in [1.54, 1.807) is 6.07 Å². The molecule has 0 atom stereocenters. The third-order valence-electron chi connectivity index (χ3n) is 5.37. The lowest BCUT2D eigenvalue weighted by Crippen LogP contribution is -1.97. The smallest absolute Gasteiger partial charge is 0.160 e. The Morgan fingerprint density at radius 3 is 1.44 bits per heavy atom. The van der Waals surface area contributed by atoms with Crippen molar-refractivity contribution in [1.29, 1.82) is 0 Å². The first-order valence-electron chi connectivity index (χ1n) is 11.8. The maximum atomic E-state index is 9.63. The third kappa shape index (κ3) is 14.5. The molecule has 0 saturated heterocycles.